The molecule has 0 spiro atoms. The van der Waals surface area contributed by atoms with Crippen LogP contribution in [0.5, 0.6) is 0 Å². The molecule has 2 rings (SSSR count). The number of hydrogen-bond acceptors (Lipinski definition) is 4. The van der Waals surface area contributed by atoms with Crippen molar-refractivity contribution in [2.75, 3.05) is 5.75 Å². The highest BCUT2D eigenvalue weighted by molar-refractivity contribution is 7.98. The molecule has 0 aliphatic carbocycles. The van der Waals surface area contributed by atoms with Crippen molar-refractivity contribution in [3.8, 4) is 0 Å². The number of nitrogens with zero attached hydrogens (tertiary/aromatic N) is 2. The summed E-state index contributed by atoms with van der Waals surface area (Å²) in [5.74, 6) is 1.60. The molecule has 0 fully saturated rings. The molecular formula is C11H14N2O2S. The molecule has 1 aromatic rings. The zero-order valence-corrected chi connectivity index (χ0v) is 10.2. The van der Waals surface area contributed by atoms with Crippen LogP contribution in [-0.2, 0) is 12.2 Å². The maximum atomic E-state index is 11.1. The summed E-state index contributed by atoms with van der Waals surface area (Å²) in [5, 5.41) is 9.15. The van der Waals surface area contributed by atoms with E-state index in [9.17, 15) is 4.79 Å². The van der Waals surface area contributed by atoms with Gasteiger partial charge in [-0.1, -0.05) is 13.8 Å². The number of carboxylic acid groups (broad SMARTS) is 1. The monoisotopic (exact) mass is 238 g/mol. The summed E-state index contributed by atoms with van der Waals surface area (Å²) < 4.78 is 0. The fourth-order valence-corrected chi connectivity index (χ4v) is 2.68. The van der Waals surface area contributed by atoms with Crippen LogP contribution in [0, 0.1) is 0 Å². The zero-order valence-electron chi connectivity index (χ0n) is 9.36. The molecule has 1 aromatic heterocycles. The first-order valence-corrected chi connectivity index (χ1v) is 6.45. The third kappa shape index (κ3) is 2.04. The van der Waals surface area contributed by atoms with E-state index in [0.29, 0.717) is 5.82 Å². The lowest BCUT2D eigenvalue weighted by Crippen LogP contribution is -2.17. The molecule has 2 heterocycles. The lowest BCUT2D eigenvalue weighted by Gasteiger charge is -2.18. The van der Waals surface area contributed by atoms with Crippen LogP contribution in [0.1, 0.15) is 47.3 Å². The molecule has 5 heteroatoms. The van der Waals surface area contributed by atoms with Gasteiger partial charge in [0.1, 0.15) is 5.82 Å². The number of aromatic nitrogens is 2. The molecule has 0 amide bonds. The molecule has 0 aromatic carbocycles. The van der Waals surface area contributed by atoms with Crippen molar-refractivity contribution in [3.63, 3.8) is 0 Å². The Hall–Kier alpha value is -1.10. The first-order chi connectivity index (χ1) is 7.59. The average Bonchev–Trinajstić information content (AvgIpc) is 2.27. The molecule has 0 unspecified atom stereocenters. The van der Waals surface area contributed by atoms with Crippen LogP contribution in [0.2, 0.25) is 0 Å². The Morgan fingerprint density at radius 2 is 2.19 bits per heavy atom. The van der Waals surface area contributed by atoms with Gasteiger partial charge in [-0.25, -0.2) is 14.8 Å². The Balaban J connectivity index is 2.56. The van der Waals surface area contributed by atoms with Gasteiger partial charge in [0.25, 0.3) is 0 Å². The molecule has 0 saturated heterocycles. The van der Waals surface area contributed by atoms with Gasteiger partial charge < -0.3 is 5.11 Å². The Morgan fingerprint density at radius 1 is 1.44 bits per heavy atom. The zero-order chi connectivity index (χ0) is 11.7. The maximum Gasteiger partial charge on any atom is 0.354 e. The standard InChI is InChI=1S/C11H14N2O2S/c1-6(2)10-12-8-3-4-16-5-7(8)9(13-10)11(14)15/h6H,3-5H2,1-2H3,(H,14,15). The highest BCUT2D eigenvalue weighted by Crippen LogP contribution is 2.26. The van der Waals surface area contributed by atoms with E-state index < -0.39 is 5.97 Å². The number of carbonyl (C=O) groups is 1. The van der Waals surface area contributed by atoms with Crippen LogP contribution < -0.4 is 0 Å². The van der Waals surface area contributed by atoms with E-state index in [1.54, 1.807) is 11.8 Å². The number of aromatic carboxylic acids is 1. The molecule has 4 nitrogen and oxygen atoms in total. The molecule has 16 heavy (non-hydrogen) atoms. The van der Waals surface area contributed by atoms with Crippen molar-refractivity contribution in [1.82, 2.24) is 9.97 Å². The highest BCUT2D eigenvalue weighted by Gasteiger charge is 2.22. The number of hydrogen-bond donors (Lipinski definition) is 1. The fraction of sp³-hybridized carbons (Fsp3) is 0.545. The number of aryl methyl sites for hydroxylation is 1. The largest absolute Gasteiger partial charge is 0.476 e. The van der Waals surface area contributed by atoms with Crippen LogP contribution in [0.4, 0.5) is 0 Å². The SMILES string of the molecule is CC(C)c1nc2c(c(C(=O)O)n1)CSCC2. The van der Waals surface area contributed by atoms with E-state index in [-0.39, 0.29) is 11.6 Å². The fourth-order valence-electron chi connectivity index (χ4n) is 1.69. The molecular weight excluding hydrogens is 224 g/mol. The molecule has 0 atom stereocenters. The molecule has 0 radical (unpaired) electrons. The summed E-state index contributed by atoms with van der Waals surface area (Å²) in [6.45, 7) is 3.95. The number of thioether (sulfide) groups is 1. The Kier molecular flexibility index (Phi) is 3.14. The Morgan fingerprint density at radius 3 is 2.81 bits per heavy atom. The second-order valence-electron chi connectivity index (χ2n) is 4.12. The Bertz CT molecular complexity index is 432. The topological polar surface area (TPSA) is 63.1 Å². The summed E-state index contributed by atoms with van der Waals surface area (Å²) in [4.78, 5) is 19.8. The second kappa shape index (κ2) is 4.41. The summed E-state index contributed by atoms with van der Waals surface area (Å²) >= 11 is 1.74. The van der Waals surface area contributed by atoms with Crippen molar-refractivity contribution in [2.24, 2.45) is 0 Å². The first kappa shape index (κ1) is 11.4. The molecule has 0 bridgehead atoms. The first-order valence-electron chi connectivity index (χ1n) is 5.30. The minimum absolute atomic E-state index is 0.165. The van der Waals surface area contributed by atoms with E-state index in [4.69, 9.17) is 5.11 Å². The van der Waals surface area contributed by atoms with E-state index >= 15 is 0 Å². The minimum atomic E-state index is -0.942. The number of fused-ring (bicyclic) bond motifs is 1. The summed E-state index contributed by atoms with van der Waals surface area (Å²) in [6, 6.07) is 0. The lowest BCUT2D eigenvalue weighted by atomic mass is 10.1. The van der Waals surface area contributed by atoms with Gasteiger partial charge in [0.05, 0.1) is 0 Å². The van der Waals surface area contributed by atoms with Crippen molar-refractivity contribution >= 4 is 17.7 Å². The van der Waals surface area contributed by atoms with Gasteiger partial charge in [-0.05, 0) is 12.2 Å². The van der Waals surface area contributed by atoms with Gasteiger partial charge in [0.2, 0.25) is 0 Å². The summed E-state index contributed by atoms with van der Waals surface area (Å²) in [7, 11) is 0. The van der Waals surface area contributed by atoms with Crippen molar-refractivity contribution < 1.29 is 9.90 Å². The minimum Gasteiger partial charge on any atom is -0.476 e. The molecule has 1 aliphatic rings. The summed E-state index contributed by atoms with van der Waals surface area (Å²) in [6.07, 6.45) is 0.850. The molecule has 0 saturated carbocycles. The van der Waals surface area contributed by atoms with E-state index in [0.717, 1.165) is 29.2 Å². The van der Waals surface area contributed by atoms with E-state index in [2.05, 4.69) is 9.97 Å². The lowest BCUT2D eigenvalue weighted by molar-refractivity contribution is 0.0688. The number of carboxylic acids is 1. The smallest absolute Gasteiger partial charge is 0.354 e. The van der Waals surface area contributed by atoms with Gasteiger partial charge in [-0.3, -0.25) is 0 Å². The normalized spacial score (nSPS) is 14.9. The molecule has 86 valence electrons. The second-order valence-corrected chi connectivity index (χ2v) is 5.22. The predicted octanol–water partition coefficient (Wildman–Crippen LogP) is 2.09. The van der Waals surface area contributed by atoms with Crippen LogP contribution in [-0.4, -0.2) is 26.8 Å². The van der Waals surface area contributed by atoms with Crippen molar-refractivity contribution in [2.45, 2.75) is 31.9 Å². The van der Waals surface area contributed by atoms with Gasteiger partial charge in [-0.2, -0.15) is 11.8 Å². The van der Waals surface area contributed by atoms with Gasteiger partial charge in [-0.15, -0.1) is 0 Å². The van der Waals surface area contributed by atoms with E-state index in [1.807, 2.05) is 13.8 Å². The van der Waals surface area contributed by atoms with Crippen LogP contribution in [0.15, 0.2) is 0 Å². The van der Waals surface area contributed by atoms with Gasteiger partial charge >= 0.3 is 5.97 Å². The van der Waals surface area contributed by atoms with Gasteiger partial charge in [0, 0.05) is 22.9 Å². The summed E-state index contributed by atoms with van der Waals surface area (Å²) in [5.41, 5.74) is 1.93. The van der Waals surface area contributed by atoms with Crippen molar-refractivity contribution in [3.05, 3.63) is 22.8 Å². The number of rotatable bonds is 2. The third-order valence-corrected chi connectivity index (χ3v) is 3.54. The van der Waals surface area contributed by atoms with Gasteiger partial charge in [0.15, 0.2) is 5.69 Å². The van der Waals surface area contributed by atoms with Crippen LogP contribution >= 0.6 is 11.8 Å². The average molecular weight is 238 g/mol. The Labute approximate surface area is 98.5 Å². The highest BCUT2D eigenvalue weighted by atomic mass is 32.2. The third-order valence-electron chi connectivity index (χ3n) is 2.56. The maximum absolute atomic E-state index is 11.1. The van der Waals surface area contributed by atoms with E-state index in [1.165, 1.54) is 0 Å². The molecule has 1 N–H and O–H groups in total. The quantitative estimate of drug-likeness (QED) is 0.854. The van der Waals surface area contributed by atoms with Crippen LogP contribution in [0.3, 0.4) is 0 Å². The van der Waals surface area contributed by atoms with Crippen molar-refractivity contribution in [1.29, 1.82) is 0 Å². The van der Waals surface area contributed by atoms with Crippen LogP contribution in [0.25, 0.3) is 0 Å². The molecule has 1 aliphatic heterocycles. The predicted molar refractivity (Wildman–Crippen MR) is 62.9 cm³/mol.